The number of carbonyl (C=O) groups excluding carboxylic acids is 3. The fraction of sp³-hybridized carbons (Fsp3) is 0.550. The molecule has 12 heteroatoms. The fourth-order valence-corrected chi connectivity index (χ4v) is 2.83. The zero-order chi connectivity index (χ0) is 24.6. The first-order chi connectivity index (χ1) is 15.0. The number of benzene rings is 1. The Hall–Kier alpha value is -1.54. The maximum atomic E-state index is 12.6. The molecule has 1 atom stereocenters. The van der Waals surface area contributed by atoms with Crippen molar-refractivity contribution in [2.24, 2.45) is 0 Å². The van der Waals surface area contributed by atoms with Crippen LogP contribution in [0.2, 0.25) is 0 Å². The molecule has 3 amide bonds. The topological polar surface area (TPSA) is 99.3 Å². The maximum Gasteiger partial charge on any atom is 0.416 e. The van der Waals surface area contributed by atoms with Crippen LogP contribution in [0.3, 0.4) is 0 Å². The molecule has 0 bridgehead atoms. The van der Waals surface area contributed by atoms with Crippen LogP contribution in [-0.2, 0) is 27.1 Å². The molecule has 182 valence electrons. The molecule has 0 aliphatic heterocycles. The van der Waals surface area contributed by atoms with Crippen molar-refractivity contribution >= 4 is 48.0 Å². The van der Waals surface area contributed by atoms with Crippen LogP contribution in [0, 0.1) is 0 Å². The number of hydrogen-bond donors (Lipinski definition) is 4. The standard InChI is InChI=1S/C13H15F3IN3O2S.C7H15NO/c1-8(20-11(21)7-19-23-17)12(22)18-6-9-3-2-4-10(5-9)13(14,15)16;1-3-5-6-8-7(9)4-2/h2-5,8,19H,6-7H2,1H3,(H,18,22)(H,20,21);3-6H2,1-2H3,(H,8,9). The Kier molecular flexibility index (Phi) is 16.2. The minimum Gasteiger partial charge on any atom is -0.356 e. The van der Waals surface area contributed by atoms with Crippen molar-refractivity contribution in [2.45, 2.75) is 58.8 Å². The van der Waals surface area contributed by atoms with Crippen LogP contribution in [0.5, 0.6) is 0 Å². The molecule has 0 fully saturated rings. The van der Waals surface area contributed by atoms with Gasteiger partial charge in [0.05, 0.1) is 12.1 Å². The number of amides is 3. The molecule has 1 rings (SSSR count). The van der Waals surface area contributed by atoms with E-state index in [1.54, 1.807) is 0 Å². The zero-order valence-corrected chi connectivity index (χ0v) is 21.2. The third kappa shape index (κ3) is 14.5. The van der Waals surface area contributed by atoms with Crippen molar-refractivity contribution in [2.75, 3.05) is 13.1 Å². The highest BCUT2D eigenvalue weighted by Crippen LogP contribution is 2.29. The van der Waals surface area contributed by atoms with Gasteiger partial charge in [0.25, 0.3) is 0 Å². The Labute approximate surface area is 203 Å². The summed E-state index contributed by atoms with van der Waals surface area (Å²) < 4.78 is 40.5. The highest BCUT2D eigenvalue weighted by atomic mass is 127. The molecule has 4 N–H and O–H groups in total. The summed E-state index contributed by atoms with van der Waals surface area (Å²) in [6.45, 7) is 6.31. The van der Waals surface area contributed by atoms with E-state index in [4.69, 9.17) is 0 Å². The number of nitrogens with one attached hydrogen (secondary N) is 4. The summed E-state index contributed by atoms with van der Waals surface area (Å²) >= 11 is 1.96. The quantitative estimate of drug-likeness (QED) is 0.179. The number of hydrogen-bond acceptors (Lipinski definition) is 5. The first-order valence-electron chi connectivity index (χ1n) is 10.0. The number of halogens is 4. The Morgan fingerprint density at radius 1 is 1.12 bits per heavy atom. The predicted molar refractivity (Wildman–Crippen MR) is 129 cm³/mol. The second-order valence-corrected chi connectivity index (χ2v) is 8.42. The lowest BCUT2D eigenvalue weighted by Crippen LogP contribution is -2.46. The number of carbonyl (C=O) groups is 3. The smallest absolute Gasteiger partial charge is 0.356 e. The molecule has 0 radical (unpaired) electrons. The molecule has 1 aromatic rings. The van der Waals surface area contributed by atoms with Gasteiger partial charge >= 0.3 is 6.18 Å². The highest BCUT2D eigenvalue weighted by Gasteiger charge is 2.30. The lowest BCUT2D eigenvalue weighted by Gasteiger charge is -2.14. The van der Waals surface area contributed by atoms with E-state index in [0.717, 1.165) is 31.5 Å². The number of alkyl halides is 3. The van der Waals surface area contributed by atoms with Crippen LogP contribution < -0.4 is 20.7 Å². The molecule has 0 saturated heterocycles. The minimum atomic E-state index is -4.43. The summed E-state index contributed by atoms with van der Waals surface area (Å²) in [5.74, 6) is -0.669. The number of unbranched alkanes of at least 4 members (excludes halogenated alkanes) is 1. The van der Waals surface area contributed by atoms with Gasteiger partial charge in [-0.3, -0.25) is 14.4 Å². The molecule has 1 aromatic carbocycles. The van der Waals surface area contributed by atoms with Gasteiger partial charge in [-0.05, 0) is 40.2 Å². The van der Waals surface area contributed by atoms with E-state index in [0.29, 0.717) is 12.0 Å². The molecule has 0 saturated carbocycles. The first kappa shape index (κ1) is 30.5. The molecule has 0 aliphatic rings. The zero-order valence-electron chi connectivity index (χ0n) is 18.3. The lowest BCUT2D eigenvalue weighted by molar-refractivity contribution is -0.137. The fourth-order valence-electron chi connectivity index (χ4n) is 2.18. The Bertz CT molecular complexity index is 724. The lowest BCUT2D eigenvalue weighted by atomic mass is 10.1. The second kappa shape index (κ2) is 17.0. The van der Waals surface area contributed by atoms with Crippen molar-refractivity contribution in [3.8, 4) is 0 Å². The average Bonchev–Trinajstić information content (AvgIpc) is 2.76. The van der Waals surface area contributed by atoms with E-state index in [1.807, 2.05) is 28.1 Å². The van der Waals surface area contributed by atoms with Crippen molar-refractivity contribution < 1.29 is 27.6 Å². The third-order valence-electron chi connectivity index (χ3n) is 3.95. The normalized spacial score (nSPS) is 11.6. The van der Waals surface area contributed by atoms with E-state index in [2.05, 4.69) is 27.6 Å². The van der Waals surface area contributed by atoms with Crippen LogP contribution in [-0.4, -0.2) is 36.9 Å². The summed E-state index contributed by atoms with van der Waals surface area (Å²) in [4.78, 5) is 33.9. The Balaban J connectivity index is 0.000000900. The van der Waals surface area contributed by atoms with Crippen molar-refractivity contribution in [1.82, 2.24) is 20.7 Å². The summed E-state index contributed by atoms with van der Waals surface area (Å²) in [5, 5.41) is 7.76. The van der Waals surface area contributed by atoms with Gasteiger partial charge in [0, 0.05) is 40.7 Å². The summed E-state index contributed by atoms with van der Waals surface area (Å²) in [6.07, 6.45) is -1.59. The molecule has 32 heavy (non-hydrogen) atoms. The van der Waals surface area contributed by atoms with Gasteiger partial charge < -0.3 is 16.0 Å². The average molecular weight is 590 g/mol. The van der Waals surface area contributed by atoms with Gasteiger partial charge in [0.1, 0.15) is 6.04 Å². The Morgan fingerprint density at radius 2 is 1.81 bits per heavy atom. The molecular formula is C20H30F3IN4O3S. The molecule has 0 heterocycles. The van der Waals surface area contributed by atoms with Gasteiger partial charge in [-0.1, -0.05) is 32.4 Å². The number of rotatable bonds is 11. The van der Waals surface area contributed by atoms with Gasteiger partial charge in [0.15, 0.2) is 0 Å². The van der Waals surface area contributed by atoms with Gasteiger partial charge in [-0.15, -0.1) is 0 Å². The largest absolute Gasteiger partial charge is 0.416 e. The van der Waals surface area contributed by atoms with Crippen LogP contribution in [0.4, 0.5) is 13.2 Å². The van der Waals surface area contributed by atoms with Crippen molar-refractivity contribution in [3.05, 3.63) is 35.4 Å². The highest BCUT2D eigenvalue weighted by molar-refractivity contribution is 14.2. The minimum absolute atomic E-state index is 0.0508. The molecule has 0 spiro atoms. The van der Waals surface area contributed by atoms with Crippen LogP contribution in [0.1, 0.15) is 51.2 Å². The van der Waals surface area contributed by atoms with Crippen LogP contribution in [0.25, 0.3) is 0 Å². The van der Waals surface area contributed by atoms with E-state index >= 15 is 0 Å². The molecule has 1 unspecified atom stereocenters. The third-order valence-corrected chi connectivity index (χ3v) is 5.14. The van der Waals surface area contributed by atoms with Gasteiger partial charge in [0.2, 0.25) is 17.7 Å². The van der Waals surface area contributed by atoms with Crippen molar-refractivity contribution in [3.63, 3.8) is 0 Å². The molecule has 0 aliphatic carbocycles. The SMILES string of the molecule is CC(NC(=O)CNSI)C(=O)NCc1cccc(C(F)(F)F)c1.CCCCNC(=O)CC. The van der Waals surface area contributed by atoms with Crippen molar-refractivity contribution in [1.29, 1.82) is 0 Å². The second-order valence-electron chi connectivity index (χ2n) is 6.66. The molecule has 0 aromatic heterocycles. The molecular weight excluding hydrogens is 560 g/mol. The predicted octanol–water partition coefficient (Wildman–Crippen LogP) is 3.73. The summed E-state index contributed by atoms with van der Waals surface area (Å²) in [5.41, 5.74) is -0.442. The van der Waals surface area contributed by atoms with E-state index < -0.39 is 23.7 Å². The van der Waals surface area contributed by atoms with E-state index in [-0.39, 0.29) is 24.9 Å². The maximum absolute atomic E-state index is 12.6. The monoisotopic (exact) mass is 590 g/mol. The summed E-state index contributed by atoms with van der Waals surface area (Å²) in [7, 11) is 1.24. The Morgan fingerprint density at radius 3 is 2.38 bits per heavy atom. The molecule has 7 nitrogen and oxygen atoms in total. The van der Waals surface area contributed by atoms with Gasteiger partial charge in [-0.2, -0.15) is 13.2 Å². The van der Waals surface area contributed by atoms with Crippen LogP contribution in [0.15, 0.2) is 24.3 Å². The summed E-state index contributed by atoms with van der Waals surface area (Å²) in [6, 6.07) is 3.93. The van der Waals surface area contributed by atoms with Gasteiger partial charge in [-0.25, -0.2) is 4.72 Å². The van der Waals surface area contributed by atoms with Crippen LogP contribution >= 0.6 is 30.3 Å². The van der Waals surface area contributed by atoms with E-state index in [1.165, 1.54) is 28.2 Å². The van der Waals surface area contributed by atoms with E-state index in [9.17, 15) is 27.6 Å². The first-order valence-corrected chi connectivity index (χ1v) is 13.4.